The second-order valence-corrected chi connectivity index (χ2v) is 8.83. The second-order valence-electron chi connectivity index (χ2n) is 7.97. The summed E-state index contributed by atoms with van der Waals surface area (Å²) in [5.41, 5.74) is 0.880. The van der Waals surface area contributed by atoms with Gasteiger partial charge in [0, 0.05) is 43.0 Å². The standard InChI is InChI=1S/C18H28N4O2S/c1-18(2,3)17-20-13(12-25-17)9-15(23)21-7-4-5-14(11-21)22-8-6-19-10-16(22)24/h12,14,19H,4-11H2,1-3H3. The minimum absolute atomic E-state index is 0.0187. The summed E-state index contributed by atoms with van der Waals surface area (Å²) < 4.78 is 0. The lowest BCUT2D eigenvalue weighted by Crippen LogP contribution is -2.57. The van der Waals surface area contributed by atoms with Crippen molar-refractivity contribution in [2.24, 2.45) is 0 Å². The third-order valence-electron chi connectivity index (χ3n) is 4.84. The molecule has 1 unspecified atom stereocenters. The van der Waals surface area contributed by atoms with Gasteiger partial charge < -0.3 is 15.1 Å². The van der Waals surface area contributed by atoms with Gasteiger partial charge in [0.15, 0.2) is 0 Å². The van der Waals surface area contributed by atoms with E-state index in [4.69, 9.17) is 0 Å². The number of amides is 2. The topological polar surface area (TPSA) is 65.5 Å². The zero-order chi connectivity index (χ0) is 18.0. The molecule has 2 amide bonds. The Labute approximate surface area is 153 Å². The van der Waals surface area contributed by atoms with Crippen molar-refractivity contribution in [2.45, 2.75) is 51.5 Å². The molecule has 1 aromatic rings. The van der Waals surface area contributed by atoms with Gasteiger partial charge in [-0.25, -0.2) is 4.98 Å². The van der Waals surface area contributed by atoms with Crippen molar-refractivity contribution in [3.05, 3.63) is 16.1 Å². The van der Waals surface area contributed by atoms with Crippen molar-refractivity contribution in [2.75, 3.05) is 32.7 Å². The molecule has 1 atom stereocenters. The Kier molecular flexibility index (Phi) is 5.43. The third-order valence-corrected chi connectivity index (χ3v) is 6.16. The van der Waals surface area contributed by atoms with Gasteiger partial charge >= 0.3 is 0 Å². The predicted octanol–water partition coefficient (Wildman–Crippen LogP) is 1.41. The van der Waals surface area contributed by atoms with Gasteiger partial charge in [0.25, 0.3) is 0 Å². The maximum absolute atomic E-state index is 12.7. The lowest BCUT2D eigenvalue weighted by atomic mass is 9.98. The number of carbonyl (C=O) groups is 2. The number of carbonyl (C=O) groups excluding carboxylic acids is 2. The van der Waals surface area contributed by atoms with E-state index in [0.717, 1.165) is 43.2 Å². The number of nitrogens with zero attached hydrogens (tertiary/aromatic N) is 3. The molecule has 0 spiro atoms. The molecule has 2 fully saturated rings. The fraction of sp³-hybridized carbons (Fsp3) is 0.722. The van der Waals surface area contributed by atoms with Gasteiger partial charge in [0.05, 0.1) is 23.7 Å². The Morgan fingerprint density at radius 1 is 1.40 bits per heavy atom. The molecule has 0 aromatic carbocycles. The van der Waals surface area contributed by atoms with Crippen molar-refractivity contribution >= 4 is 23.2 Å². The average Bonchev–Trinajstić information content (AvgIpc) is 3.04. The molecule has 0 aliphatic carbocycles. The average molecular weight is 365 g/mol. The molecule has 6 nitrogen and oxygen atoms in total. The zero-order valence-electron chi connectivity index (χ0n) is 15.4. The number of thiazole rings is 1. The van der Waals surface area contributed by atoms with Crippen molar-refractivity contribution in [3.8, 4) is 0 Å². The molecule has 2 aliphatic heterocycles. The van der Waals surface area contributed by atoms with Crippen LogP contribution in [0.4, 0.5) is 0 Å². The van der Waals surface area contributed by atoms with Crippen LogP contribution in [0.3, 0.4) is 0 Å². The van der Waals surface area contributed by atoms with Crippen LogP contribution < -0.4 is 5.32 Å². The largest absolute Gasteiger partial charge is 0.340 e. The van der Waals surface area contributed by atoms with E-state index in [1.54, 1.807) is 11.3 Å². The number of piperidine rings is 1. The number of hydrogen-bond donors (Lipinski definition) is 1. The summed E-state index contributed by atoms with van der Waals surface area (Å²) >= 11 is 1.63. The van der Waals surface area contributed by atoms with Crippen LogP contribution in [0.15, 0.2) is 5.38 Å². The number of rotatable bonds is 3. The molecule has 2 saturated heterocycles. The first-order valence-electron chi connectivity index (χ1n) is 9.07. The highest BCUT2D eigenvalue weighted by Gasteiger charge is 2.31. The summed E-state index contributed by atoms with van der Waals surface area (Å²) in [6.45, 7) is 9.84. The first kappa shape index (κ1) is 18.3. The molecule has 25 heavy (non-hydrogen) atoms. The molecular weight excluding hydrogens is 336 g/mol. The molecule has 0 bridgehead atoms. The van der Waals surface area contributed by atoms with Gasteiger partial charge in [-0.15, -0.1) is 11.3 Å². The van der Waals surface area contributed by atoms with Gasteiger partial charge in [-0.05, 0) is 12.8 Å². The van der Waals surface area contributed by atoms with Gasteiger partial charge in [0.2, 0.25) is 11.8 Å². The number of piperazine rings is 1. The number of aromatic nitrogens is 1. The normalized spacial score (nSPS) is 22.4. The maximum Gasteiger partial charge on any atom is 0.236 e. The minimum atomic E-state index is 0.0187. The van der Waals surface area contributed by atoms with Gasteiger partial charge in [0.1, 0.15) is 0 Å². The highest BCUT2D eigenvalue weighted by molar-refractivity contribution is 7.09. The fourth-order valence-corrected chi connectivity index (χ4v) is 4.35. The van der Waals surface area contributed by atoms with Crippen molar-refractivity contribution in [1.82, 2.24) is 20.1 Å². The van der Waals surface area contributed by atoms with E-state index in [2.05, 4.69) is 31.1 Å². The summed E-state index contributed by atoms with van der Waals surface area (Å²) in [6.07, 6.45) is 2.30. The molecular formula is C18H28N4O2S. The Hall–Kier alpha value is -1.47. The van der Waals surface area contributed by atoms with E-state index in [0.29, 0.717) is 19.5 Å². The maximum atomic E-state index is 12.7. The van der Waals surface area contributed by atoms with Crippen molar-refractivity contribution < 1.29 is 9.59 Å². The summed E-state index contributed by atoms with van der Waals surface area (Å²) in [4.78, 5) is 33.3. The van der Waals surface area contributed by atoms with Crippen LogP contribution in [0.25, 0.3) is 0 Å². The highest BCUT2D eigenvalue weighted by atomic mass is 32.1. The van der Waals surface area contributed by atoms with Gasteiger partial charge in [-0.3, -0.25) is 9.59 Å². The zero-order valence-corrected chi connectivity index (χ0v) is 16.2. The Morgan fingerprint density at radius 3 is 2.88 bits per heavy atom. The molecule has 0 saturated carbocycles. The molecule has 3 rings (SSSR count). The molecule has 138 valence electrons. The number of nitrogens with one attached hydrogen (secondary N) is 1. The van der Waals surface area contributed by atoms with Gasteiger partial charge in [-0.2, -0.15) is 0 Å². The van der Waals surface area contributed by atoms with Crippen LogP contribution in [0, 0.1) is 0 Å². The summed E-state index contributed by atoms with van der Waals surface area (Å²) in [7, 11) is 0. The van der Waals surface area contributed by atoms with E-state index in [-0.39, 0.29) is 23.3 Å². The smallest absolute Gasteiger partial charge is 0.236 e. The molecule has 2 aliphatic rings. The molecule has 7 heteroatoms. The van der Waals surface area contributed by atoms with Crippen LogP contribution in [-0.4, -0.2) is 65.4 Å². The minimum Gasteiger partial charge on any atom is -0.340 e. The van der Waals surface area contributed by atoms with E-state index in [9.17, 15) is 9.59 Å². The summed E-state index contributed by atoms with van der Waals surface area (Å²) in [5, 5.41) is 6.17. The monoisotopic (exact) mass is 364 g/mol. The SMILES string of the molecule is CC(C)(C)c1nc(CC(=O)N2CCCC(N3CCNCC3=O)C2)cs1. The van der Waals surface area contributed by atoms with E-state index in [1.165, 1.54) is 0 Å². The Morgan fingerprint density at radius 2 is 2.20 bits per heavy atom. The summed E-state index contributed by atoms with van der Waals surface area (Å²) in [6, 6.07) is 0.160. The first-order valence-corrected chi connectivity index (χ1v) is 9.95. The van der Waals surface area contributed by atoms with Crippen molar-refractivity contribution in [3.63, 3.8) is 0 Å². The lowest BCUT2D eigenvalue weighted by molar-refractivity contribution is -0.140. The number of likely N-dealkylation sites (tertiary alicyclic amines) is 1. The second kappa shape index (κ2) is 7.41. The molecule has 1 aromatic heterocycles. The predicted molar refractivity (Wildman–Crippen MR) is 98.7 cm³/mol. The highest BCUT2D eigenvalue weighted by Crippen LogP contribution is 2.26. The van der Waals surface area contributed by atoms with Gasteiger partial charge in [-0.1, -0.05) is 20.8 Å². The lowest BCUT2D eigenvalue weighted by Gasteiger charge is -2.41. The molecule has 1 N–H and O–H groups in total. The van der Waals surface area contributed by atoms with E-state index < -0.39 is 0 Å². The Bertz CT molecular complexity index is 637. The van der Waals surface area contributed by atoms with Crippen LogP contribution >= 0.6 is 11.3 Å². The van der Waals surface area contributed by atoms with E-state index in [1.807, 2.05) is 15.2 Å². The quantitative estimate of drug-likeness (QED) is 0.881. The van der Waals surface area contributed by atoms with Crippen molar-refractivity contribution in [1.29, 1.82) is 0 Å². The number of hydrogen-bond acceptors (Lipinski definition) is 5. The third kappa shape index (κ3) is 4.39. The van der Waals surface area contributed by atoms with Crippen LogP contribution in [-0.2, 0) is 21.4 Å². The van der Waals surface area contributed by atoms with E-state index >= 15 is 0 Å². The first-order chi connectivity index (χ1) is 11.8. The van der Waals surface area contributed by atoms with Crippen LogP contribution in [0.1, 0.15) is 44.3 Å². The summed E-state index contributed by atoms with van der Waals surface area (Å²) in [5.74, 6) is 0.276. The van der Waals surface area contributed by atoms with Crippen LogP contribution in [0.2, 0.25) is 0 Å². The molecule has 3 heterocycles. The fourth-order valence-electron chi connectivity index (χ4n) is 3.44. The molecule has 0 radical (unpaired) electrons. The van der Waals surface area contributed by atoms with Crippen LogP contribution in [0.5, 0.6) is 0 Å². The Balaban J connectivity index is 1.60.